The molecule has 5 heteroatoms. The summed E-state index contributed by atoms with van der Waals surface area (Å²) in [5.41, 5.74) is 0.766. The van der Waals surface area contributed by atoms with E-state index >= 15 is 0 Å². The maximum Gasteiger partial charge on any atom is 0.195 e. The Hall–Kier alpha value is -1.23. The highest BCUT2D eigenvalue weighted by Gasteiger charge is 2.03. The first-order valence-corrected chi connectivity index (χ1v) is 3.76. The van der Waals surface area contributed by atoms with Crippen molar-refractivity contribution in [1.29, 1.82) is 0 Å². The lowest BCUT2D eigenvalue weighted by Gasteiger charge is -1.98. The summed E-state index contributed by atoms with van der Waals surface area (Å²) in [5.74, 6) is 0.320. The molecule has 0 aliphatic heterocycles. The van der Waals surface area contributed by atoms with Gasteiger partial charge in [0.1, 0.15) is 0 Å². The molecule has 1 N–H and O–H groups in total. The van der Waals surface area contributed by atoms with E-state index in [0.717, 1.165) is 5.69 Å². The molecule has 0 saturated carbocycles. The van der Waals surface area contributed by atoms with Crippen LogP contribution in [-0.2, 0) is 6.54 Å². The topological polar surface area (TPSA) is 67.5 Å². The van der Waals surface area contributed by atoms with Crippen molar-refractivity contribution in [3.05, 3.63) is 16.7 Å². The summed E-state index contributed by atoms with van der Waals surface area (Å²) in [6, 6.07) is 1.62. The fourth-order valence-corrected chi connectivity index (χ4v) is 0.990. The third kappa shape index (κ3) is 1.88. The molecule has 0 aliphatic carbocycles. The normalized spacial score (nSPS) is 10.2. The van der Waals surface area contributed by atoms with Gasteiger partial charge in [-0.3, -0.25) is 0 Å². The monoisotopic (exact) mass is 169 g/mol. The van der Waals surface area contributed by atoms with E-state index in [1.165, 1.54) is 4.68 Å². The lowest BCUT2D eigenvalue weighted by Crippen LogP contribution is -2.01. The Morgan fingerprint density at radius 3 is 3.08 bits per heavy atom. The molecular formula is C7H11N3O2. The number of aromatic nitrogens is 2. The third-order valence-electron chi connectivity index (χ3n) is 1.50. The van der Waals surface area contributed by atoms with Crippen LogP contribution in [0.1, 0.15) is 12.1 Å². The summed E-state index contributed by atoms with van der Waals surface area (Å²) < 4.78 is 1.50. The predicted molar refractivity (Wildman–Crippen MR) is 44.1 cm³/mol. The van der Waals surface area contributed by atoms with Gasteiger partial charge in [-0.05, 0) is 18.5 Å². The fraction of sp³-hybridized carbons (Fsp3) is 0.571. The van der Waals surface area contributed by atoms with Crippen LogP contribution in [0.3, 0.4) is 0 Å². The van der Waals surface area contributed by atoms with Crippen LogP contribution in [0.25, 0.3) is 0 Å². The number of aliphatic hydroxyl groups excluding tert-OH is 1. The van der Waals surface area contributed by atoms with Crippen LogP contribution in [0, 0.1) is 11.8 Å². The van der Waals surface area contributed by atoms with Crippen molar-refractivity contribution in [2.24, 2.45) is 5.18 Å². The smallest absolute Gasteiger partial charge is 0.195 e. The molecule has 1 aromatic heterocycles. The van der Waals surface area contributed by atoms with E-state index in [2.05, 4.69) is 10.3 Å². The molecule has 12 heavy (non-hydrogen) atoms. The summed E-state index contributed by atoms with van der Waals surface area (Å²) in [6.45, 7) is 2.42. The molecule has 1 aromatic rings. The lowest BCUT2D eigenvalue weighted by atomic mass is 10.4. The number of rotatable bonds is 4. The Balaban J connectivity index is 2.74. The molecule has 5 nitrogen and oxygen atoms in total. The van der Waals surface area contributed by atoms with E-state index < -0.39 is 0 Å². The number of nitroso groups, excluding NO2 is 1. The zero-order valence-corrected chi connectivity index (χ0v) is 6.90. The molecule has 0 fully saturated rings. The molecule has 0 saturated heterocycles. The van der Waals surface area contributed by atoms with Crippen LogP contribution in [0.2, 0.25) is 0 Å². The van der Waals surface area contributed by atoms with Crippen LogP contribution in [0.5, 0.6) is 0 Å². The number of hydrogen-bond acceptors (Lipinski definition) is 4. The summed E-state index contributed by atoms with van der Waals surface area (Å²) in [5, 5.41) is 15.4. The van der Waals surface area contributed by atoms with E-state index in [-0.39, 0.29) is 6.61 Å². The van der Waals surface area contributed by atoms with E-state index in [1.807, 2.05) is 0 Å². The average Bonchev–Trinajstić information content (AvgIpc) is 2.42. The van der Waals surface area contributed by atoms with Crippen molar-refractivity contribution in [3.63, 3.8) is 0 Å². The Morgan fingerprint density at radius 1 is 1.75 bits per heavy atom. The first-order valence-electron chi connectivity index (χ1n) is 3.76. The molecule has 1 rings (SSSR count). The Morgan fingerprint density at radius 2 is 2.50 bits per heavy atom. The largest absolute Gasteiger partial charge is 0.396 e. The molecule has 0 aromatic carbocycles. The van der Waals surface area contributed by atoms with Gasteiger partial charge in [-0.25, -0.2) is 4.68 Å². The van der Waals surface area contributed by atoms with Gasteiger partial charge in [0, 0.05) is 19.2 Å². The van der Waals surface area contributed by atoms with Crippen molar-refractivity contribution >= 4 is 5.82 Å². The van der Waals surface area contributed by atoms with Crippen molar-refractivity contribution in [2.45, 2.75) is 19.9 Å². The Kier molecular flexibility index (Phi) is 2.93. The van der Waals surface area contributed by atoms with Gasteiger partial charge in [-0.15, -0.1) is 4.91 Å². The van der Waals surface area contributed by atoms with Crippen molar-refractivity contribution < 1.29 is 5.11 Å². The molecular weight excluding hydrogens is 158 g/mol. The molecule has 0 unspecified atom stereocenters. The zero-order chi connectivity index (χ0) is 8.97. The summed E-state index contributed by atoms with van der Waals surface area (Å²) in [7, 11) is 0. The fourth-order valence-electron chi connectivity index (χ4n) is 0.990. The van der Waals surface area contributed by atoms with E-state index in [1.54, 1.807) is 13.0 Å². The highest BCUT2D eigenvalue weighted by molar-refractivity contribution is 5.28. The van der Waals surface area contributed by atoms with Crippen LogP contribution >= 0.6 is 0 Å². The standard InChI is InChI=1S/C7H11N3O2/c1-6-5-7(9-12)10(8-6)3-2-4-11/h5,11H,2-4H2,1H3. The quantitative estimate of drug-likeness (QED) is 0.683. The highest BCUT2D eigenvalue weighted by Crippen LogP contribution is 2.13. The second kappa shape index (κ2) is 3.96. The molecule has 0 bridgehead atoms. The highest BCUT2D eigenvalue weighted by atomic mass is 16.3. The molecule has 66 valence electrons. The van der Waals surface area contributed by atoms with Gasteiger partial charge in [-0.1, -0.05) is 0 Å². The SMILES string of the molecule is Cc1cc(N=O)n(CCCO)n1. The molecule has 1 heterocycles. The predicted octanol–water partition coefficient (Wildman–Crippen LogP) is 0.972. The molecule has 0 radical (unpaired) electrons. The van der Waals surface area contributed by atoms with Crippen LogP contribution in [-0.4, -0.2) is 21.5 Å². The molecule has 0 spiro atoms. The maximum atomic E-state index is 10.2. The van der Waals surface area contributed by atoms with E-state index in [4.69, 9.17) is 5.11 Å². The first-order chi connectivity index (χ1) is 5.77. The third-order valence-corrected chi connectivity index (χ3v) is 1.50. The second-order valence-corrected chi connectivity index (χ2v) is 2.54. The van der Waals surface area contributed by atoms with Gasteiger partial charge in [0.25, 0.3) is 0 Å². The summed E-state index contributed by atoms with van der Waals surface area (Å²) in [6.07, 6.45) is 0.587. The van der Waals surface area contributed by atoms with Gasteiger partial charge in [0.05, 0.1) is 5.69 Å². The van der Waals surface area contributed by atoms with Gasteiger partial charge in [0.2, 0.25) is 0 Å². The molecule has 0 atom stereocenters. The number of nitrogens with zero attached hydrogens (tertiary/aromatic N) is 3. The van der Waals surface area contributed by atoms with Gasteiger partial charge in [-0.2, -0.15) is 5.10 Å². The number of aliphatic hydroxyl groups is 1. The van der Waals surface area contributed by atoms with Crippen LogP contribution in [0.4, 0.5) is 5.82 Å². The maximum absolute atomic E-state index is 10.2. The minimum atomic E-state index is 0.0944. The number of aryl methyl sites for hydroxylation is 2. The van der Waals surface area contributed by atoms with Gasteiger partial charge < -0.3 is 5.11 Å². The van der Waals surface area contributed by atoms with Crippen molar-refractivity contribution in [1.82, 2.24) is 9.78 Å². The van der Waals surface area contributed by atoms with Gasteiger partial charge >= 0.3 is 0 Å². The lowest BCUT2D eigenvalue weighted by molar-refractivity contribution is 0.277. The van der Waals surface area contributed by atoms with Crippen LogP contribution in [0.15, 0.2) is 11.2 Å². The number of hydrogen-bond donors (Lipinski definition) is 1. The second-order valence-electron chi connectivity index (χ2n) is 2.54. The zero-order valence-electron chi connectivity index (χ0n) is 6.90. The minimum absolute atomic E-state index is 0.0944. The first kappa shape index (κ1) is 8.86. The Labute approximate surface area is 70.0 Å². The van der Waals surface area contributed by atoms with Gasteiger partial charge in [0.15, 0.2) is 5.82 Å². The minimum Gasteiger partial charge on any atom is -0.396 e. The van der Waals surface area contributed by atoms with E-state index in [0.29, 0.717) is 18.8 Å². The summed E-state index contributed by atoms with van der Waals surface area (Å²) >= 11 is 0. The average molecular weight is 169 g/mol. The van der Waals surface area contributed by atoms with E-state index in [9.17, 15) is 4.91 Å². The molecule has 0 aliphatic rings. The Bertz CT molecular complexity index is 270. The van der Waals surface area contributed by atoms with Crippen LogP contribution < -0.4 is 0 Å². The van der Waals surface area contributed by atoms with Crippen molar-refractivity contribution in [3.8, 4) is 0 Å². The van der Waals surface area contributed by atoms with Crippen molar-refractivity contribution in [2.75, 3.05) is 6.61 Å². The molecule has 0 amide bonds. The summed E-state index contributed by atoms with van der Waals surface area (Å²) in [4.78, 5) is 10.2.